The first kappa shape index (κ1) is 13.9. The fourth-order valence-corrected chi connectivity index (χ4v) is 1.23. The Kier molecular flexibility index (Phi) is 4.61. The summed E-state index contributed by atoms with van der Waals surface area (Å²) in [6.45, 7) is 1.57. The zero-order valence-corrected chi connectivity index (χ0v) is 9.77. The molecule has 0 aliphatic carbocycles. The van der Waals surface area contributed by atoms with Crippen LogP contribution in [0.25, 0.3) is 0 Å². The minimum absolute atomic E-state index is 0.0979. The number of urea groups is 1. The van der Waals surface area contributed by atoms with Crippen LogP contribution in [-0.2, 0) is 11.3 Å². The molecule has 5 N–H and O–H groups in total. The summed E-state index contributed by atoms with van der Waals surface area (Å²) in [7, 11) is 0. The van der Waals surface area contributed by atoms with Crippen LogP contribution in [0.1, 0.15) is 12.5 Å². The summed E-state index contributed by atoms with van der Waals surface area (Å²) in [6.07, 6.45) is -1.05. The minimum atomic E-state index is -1.05. The molecule has 1 aromatic rings. The lowest BCUT2D eigenvalue weighted by Gasteiger charge is -2.14. The molecule has 0 spiro atoms. The maximum atomic E-state index is 13.5. The lowest BCUT2D eigenvalue weighted by Crippen LogP contribution is -2.42. The van der Waals surface area contributed by atoms with Gasteiger partial charge in [-0.05, 0) is 24.6 Å². The quantitative estimate of drug-likeness (QED) is 0.716. The van der Waals surface area contributed by atoms with Crippen LogP contribution in [0.4, 0.5) is 9.18 Å². The van der Waals surface area contributed by atoms with Gasteiger partial charge in [0.05, 0.1) is 0 Å². The summed E-state index contributed by atoms with van der Waals surface area (Å²) >= 11 is 0. The van der Waals surface area contributed by atoms with Crippen molar-refractivity contribution in [3.8, 4) is 5.75 Å². The number of carbonyl (C=O) groups excluding carboxylic acids is 2. The molecule has 1 unspecified atom stereocenters. The number of ether oxygens (including phenoxy) is 1. The molecule has 98 valence electrons. The minimum Gasteiger partial charge on any atom is -0.478 e. The summed E-state index contributed by atoms with van der Waals surface area (Å²) in [5.41, 5.74) is 10.7. The lowest BCUT2D eigenvalue weighted by molar-refractivity contribution is -0.126. The number of rotatable bonds is 4. The van der Waals surface area contributed by atoms with E-state index in [0.717, 1.165) is 0 Å². The van der Waals surface area contributed by atoms with Crippen molar-refractivity contribution in [1.29, 1.82) is 0 Å². The Morgan fingerprint density at radius 3 is 2.67 bits per heavy atom. The number of carbonyl (C=O) groups is 2. The molecule has 0 saturated carbocycles. The Morgan fingerprint density at radius 1 is 1.50 bits per heavy atom. The van der Waals surface area contributed by atoms with Crippen molar-refractivity contribution in [1.82, 2.24) is 5.32 Å². The number of primary amides is 1. The van der Waals surface area contributed by atoms with Gasteiger partial charge in [0.2, 0.25) is 0 Å². The Labute approximate surface area is 103 Å². The number of imide groups is 1. The highest BCUT2D eigenvalue weighted by Gasteiger charge is 2.17. The molecule has 1 atom stereocenters. The molecule has 0 saturated heterocycles. The molecule has 0 aliphatic rings. The Bertz CT molecular complexity index is 465. The number of benzene rings is 1. The van der Waals surface area contributed by atoms with Gasteiger partial charge in [0.15, 0.2) is 17.7 Å². The van der Waals surface area contributed by atoms with Gasteiger partial charge in [-0.15, -0.1) is 0 Å². The normalized spacial score (nSPS) is 11.7. The second-order valence-corrected chi connectivity index (χ2v) is 3.58. The van der Waals surface area contributed by atoms with Crippen LogP contribution in [0.3, 0.4) is 0 Å². The average Bonchev–Trinajstić information content (AvgIpc) is 2.30. The van der Waals surface area contributed by atoms with Crippen LogP contribution in [-0.4, -0.2) is 18.0 Å². The van der Waals surface area contributed by atoms with Gasteiger partial charge in [-0.3, -0.25) is 10.1 Å². The second-order valence-electron chi connectivity index (χ2n) is 3.58. The third-order valence-electron chi connectivity index (χ3n) is 2.15. The van der Waals surface area contributed by atoms with Crippen molar-refractivity contribution >= 4 is 11.9 Å². The molecule has 6 nitrogen and oxygen atoms in total. The summed E-state index contributed by atoms with van der Waals surface area (Å²) in [6, 6.07) is 3.17. The van der Waals surface area contributed by atoms with E-state index >= 15 is 0 Å². The topological polar surface area (TPSA) is 107 Å². The van der Waals surface area contributed by atoms with E-state index in [1.807, 2.05) is 5.32 Å². The number of hydrogen-bond acceptors (Lipinski definition) is 4. The molecular formula is C11H14FN3O3. The van der Waals surface area contributed by atoms with E-state index in [2.05, 4.69) is 0 Å². The molecule has 0 radical (unpaired) electrons. The lowest BCUT2D eigenvalue weighted by atomic mass is 10.2. The summed E-state index contributed by atoms with van der Waals surface area (Å²) in [5, 5.41) is 1.84. The molecule has 0 aromatic heterocycles. The number of hydrogen-bond donors (Lipinski definition) is 3. The van der Waals surface area contributed by atoms with Crippen LogP contribution in [0.5, 0.6) is 5.75 Å². The number of amides is 3. The van der Waals surface area contributed by atoms with E-state index < -0.39 is 23.9 Å². The molecule has 0 bridgehead atoms. The van der Waals surface area contributed by atoms with E-state index in [1.54, 1.807) is 6.07 Å². The Morgan fingerprint density at radius 2 is 2.17 bits per heavy atom. The van der Waals surface area contributed by atoms with Crippen molar-refractivity contribution in [3.05, 3.63) is 29.6 Å². The SMILES string of the molecule is CC(Oc1ccc(CN)cc1F)C(=O)NC(N)=O. The van der Waals surface area contributed by atoms with E-state index in [4.69, 9.17) is 16.2 Å². The van der Waals surface area contributed by atoms with Crippen LogP contribution in [0.2, 0.25) is 0 Å². The molecule has 18 heavy (non-hydrogen) atoms. The van der Waals surface area contributed by atoms with Gasteiger partial charge in [-0.1, -0.05) is 6.07 Å². The highest BCUT2D eigenvalue weighted by atomic mass is 19.1. The maximum absolute atomic E-state index is 13.5. The van der Waals surface area contributed by atoms with E-state index in [9.17, 15) is 14.0 Å². The average molecular weight is 255 g/mol. The van der Waals surface area contributed by atoms with Gasteiger partial charge in [0.1, 0.15) is 0 Å². The van der Waals surface area contributed by atoms with Crippen LogP contribution in [0.15, 0.2) is 18.2 Å². The fraction of sp³-hybridized carbons (Fsp3) is 0.273. The van der Waals surface area contributed by atoms with Crippen molar-refractivity contribution in [2.75, 3.05) is 0 Å². The van der Waals surface area contributed by atoms with Gasteiger partial charge >= 0.3 is 6.03 Å². The predicted octanol–water partition coefficient (Wildman–Crippen LogP) is 0.247. The van der Waals surface area contributed by atoms with E-state index in [-0.39, 0.29) is 12.3 Å². The molecule has 0 heterocycles. The molecule has 3 amide bonds. The van der Waals surface area contributed by atoms with Crippen LogP contribution >= 0.6 is 0 Å². The predicted molar refractivity (Wildman–Crippen MR) is 62.1 cm³/mol. The Hall–Kier alpha value is -2.15. The number of halogens is 1. The molecule has 1 rings (SSSR count). The number of nitrogens with one attached hydrogen (secondary N) is 1. The molecule has 7 heteroatoms. The van der Waals surface area contributed by atoms with Gasteiger partial charge in [0.25, 0.3) is 5.91 Å². The summed E-state index contributed by atoms with van der Waals surface area (Å²) in [4.78, 5) is 21.8. The van der Waals surface area contributed by atoms with E-state index in [1.165, 1.54) is 19.1 Å². The fourth-order valence-electron chi connectivity index (χ4n) is 1.23. The monoisotopic (exact) mass is 255 g/mol. The highest BCUT2D eigenvalue weighted by molar-refractivity contribution is 5.95. The Balaban J connectivity index is 2.72. The van der Waals surface area contributed by atoms with Crippen molar-refractivity contribution in [2.45, 2.75) is 19.6 Å². The van der Waals surface area contributed by atoms with Gasteiger partial charge in [-0.25, -0.2) is 9.18 Å². The second kappa shape index (κ2) is 5.97. The molecule has 0 aliphatic heterocycles. The first-order valence-electron chi connectivity index (χ1n) is 5.19. The molecule has 1 aromatic carbocycles. The van der Waals surface area contributed by atoms with Gasteiger partial charge in [-0.2, -0.15) is 0 Å². The van der Waals surface area contributed by atoms with E-state index in [0.29, 0.717) is 5.56 Å². The van der Waals surface area contributed by atoms with Gasteiger partial charge < -0.3 is 16.2 Å². The van der Waals surface area contributed by atoms with Crippen molar-refractivity contribution in [2.24, 2.45) is 11.5 Å². The zero-order chi connectivity index (χ0) is 13.7. The van der Waals surface area contributed by atoms with Crippen LogP contribution < -0.4 is 21.5 Å². The third-order valence-corrected chi connectivity index (χ3v) is 2.15. The van der Waals surface area contributed by atoms with Gasteiger partial charge in [0, 0.05) is 6.54 Å². The van der Waals surface area contributed by atoms with Crippen molar-refractivity contribution < 1.29 is 18.7 Å². The third kappa shape index (κ3) is 3.70. The first-order valence-corrected chi connectivity index (χ1v) is 5.19. The standard InChI is InChI=1S/C11H14FN3O3/c1-6(10(16)15-11(14)17)18-9-3-2-7(5-13)4-8(9)12/h2-4,6H,5,13H2,1H3,(H3,14,15,16,17). The highest BCUT2D eigenvalue weighted by Crippen LogP contribution is 2.19. The smallest absolute Gasteiger partial charge is 0.318 e. The summed E-state index contributed by atoms with van der Waals surface area (Å²) < 4.78 is 18.6. The first-order chi connectivity index (χ1) is 8.43. The summed E-state index contributed by atoms with van der Waals surface area (Å²) in [5.74, 6) is -1.47. The molecular weight excluding hydrogens is 241 g/mol. The van der Waals surface area contributed by atoms with Crippen LogP contribution in [0, 0.1) is 5.82 Å². The number of nitrogens with two attached hydrogens (primary N) is 2. The zero-order valence-electron chi connectivity index (χ0n) is 9.77. The largest absolute Gasteiger partial charge is 0.478 e. The maximum Gasteiger partial charge on any atom is 0.318 e. The molecule has 0 fully saturated rings. The van der Waals surface area contributed by atoms with Crippen molar-refractivity contribution in [3.63, 3.8) is 0 Å².